The molecule has 2 aromatic heterocycles. The largest absolute Gasteiger partial charge is 0.371 e. The highest BCUT2D eigenvalue weighted by Crippen LogP contribution is 2.31. The molecule has 6 heteroatoms. The molecule has 0 aromatic carbocycles. The molecule has 0 radical (unpaired) electrons. The number of thiophene rings is 1. The number of halogens is 1. The molecule has 1 amide bonds. The van der Waals surface area contributed by atoms with Crippen LogP contribution in [0.2, 0.25) is 0 Å². The summed E-state index contributed by atoms with van der Waals surface area (Å²) >= 11 is 5.41. The third-order valence-electron chi connectivity index (χ3n) is 5.33. The highest BCUT2D eigenvalue weighted by Gasteiger charge is 2.26. The molecular formula is C19H22BrN3OS. The van der Waals surface area contributed by atoms with Gasteiger partial charge in [0, 0.05) is 49.9 Å². The van der Waals surface area contributed by atoms with Crippen LogP contribution < -0.4 is 4.90 Å². The number of amides is 1. The van der Waals surface area contributed by atoms with Crippen molar-refractivity contribution in [2.75, 3.05) is 24.5 Å². The number of aromatic nitrogens is 1. The Bertz CT molecular complexity index is 755. The molecule has 1 saturated heterocycles. The van der Waals surface area contributed by atoms with Crippen LogP contribution in [0.15, 0.2) is 34.4 Å². The normalized spacial score (nSPS) is 18.3. The number of piperidine rings is 1. The average Bonchev–Trinajstić information content (AvgIpc) is 3.10. The quantitative estimate of drug-likeness (QED) is 0.751. The molecule has 25 heavy (non-hydrogen) atoms. The van der Waals surface area contributed by atoms with E-state index >= 15 is 0 Å². The SMILES string of the molecule is O=C(CC1CCN(c2ccncc2Br)CC1)N1CCc2sccc2C1. The minimum atomic E-state index is 0.334. The topological polar surface area (TPSA) is 36.4 Å². The van der Waals surface area contributed by atoms with Gasteiger partial charge in [0.05, 0.1) is 10.2 Å². The molecular weight excluding hydrogens is 398 g/mol. The van der Waals surface area contributed by atoms with Gasteiger partial charge < -0.3 is 9.80 Å². The average molecular weight is 420 g/mol. The number of anilines is 1. The van der Waals surface area contributed by atoms with E-state index in [1.54, 1.807) is 0 Å². The van der Waals surface area contributed by atoms with Crippen molar-refractivity contribution in [1.29, 1.82) is 0 Å². The Balaban J connectivity index is 1.30. The van der Waals surface area contributed by atoms with Gasteiger partial charge in [0.1, 0.15) is 0 Å². The van der Waals surface area contributed by atoms with E-state index in [-0.39, 0.29) is 0 Å². The lowest BCUT2D eigenvalue weighted by atomic mass is 9.92. The van der Waals surface area contributed by atoms with Crippen LogP contribution >= 0.6 is 27.3 Å². The number of carbonyl (C=O) groups excluding carboxylic acids is 1. The summed E-state index contributed by atoms with van der Waals surface area (Å²) in [7, 11) is 0. The third-order valence-corrected chi connectivity index (χ3v) is 6.96. The summed E-state index contributed by atoms with van der Waals surface area (Å²) < 4.78 is 1.05. The van der Waals surface area contributed by atoms with Crippen LogP contribution in [0, 0.1) is 5.92 Å². The van der Waals surface area contributed by atoms with Crippen LogP contribution in [0.1, 0.15) is 29.7 Å². The molecule has 0 spiro atoms. The van der Waals surface area contributed by atoms with E-state index < -0.39 is 0 Å². The van der Waals surface area contributed by atoms with Gasteiger partial charge in [-0.25, -0.2) is 0 Å². The summed E-state index contributed by atoms with van der Waals surface area (Å²) in [5.41, 5.74) is 2.56. The highest BCUT2D eigenvalue weighted by molar-refractivity contribution is 9.10. The number of fused-ring (bicyclic) bond motifs is 1. The molecule has 4 rings (SSSR count). The minimum absolute atomic E-state index is 0.334. The fraction of sp³-hybridized carbons (Fsp3) is 0.474. The molecule has 0 unspecified atom stereocenters. The second kappa shape index (κ2) is 7.46. The van der Waals surface area contributed by atoms with Crippen molar-refractivity contribution in [3.8, 4) is 0 Å². The zero-order chi connectivity index (χ0) is 17.2. The van der Waals surface area contributed by atoms with Crippen LogP contribution in [0.3, 0.4) is 0 Å². The van der Waals surface area contributed by atoms with Gasteiger partial charge >= 0.3 is 0 Å². The Hall–Kier alpha value is -1.40. The van der Waals surface area contributed by atoms with E-state index in [2.05, 4.69) is 48.2 Å². The first kappa shape index (κ1) is 17.0. The molecule has 132 valence electrons. The van der Waals surface area contributed by atoms with Crippen molar-refractivity contribution < 1.29 is 4.79 Å². The molecule has 0 aliphatic carbocycles. The molecule has 4 heterocycles. The maximum absolute atomic E-state index is 12.7. The lowest BCUT2D eigenvalue weighted by Crippen LogP contribution is -2.39. The Labute approximate surface area is 161 Å². The second-order valence-electron chi connectivity index (χ2n) is 6.90. The fourth-order valence-corrected chi connectivity index (χ4v) is 5.23. The zero-order valence-electron chi connectivity index (χ0n) is 14.2. The molecule has 0 atom stereocenters. The van der Waals surface area contributed by atoms with E-state index in [1.807, 2.05) is 23.7 Å². The number of rotatable bonds is 3. The van der Waals surface area contributed by atoms with Crippen molar-refractivity contribution in [3.05, 3.63) is 44.8 Å². The monoisotopic (exact) mass is 419 g/mol. The van der Waals surface area contributed by atoms with E-state index in [9.17, 15) is 4.79 Å². The standard InChI is InChI=1S/C19H22BrN3OS/c20-16-12-21-6-1-17(16)22-7-2-14(3-8-22)11-19(24)23-9-4-18-15(13-23)5-10-25-18/h1,5-6,10,12,14H,2-4,7-9,11,13H2. The van der Waals surface area contributed by atoms with Crippen LogP contribution in [0.25, 0.3) is 0 Å². The summed E-state index contributed by atoms with van der Waals surface area (Å²) in [6.07, 6.45) is 7.57. The Morgan fingerprint density at radius 3 is 2.92 bits per heavy atom. The maximum atomic E-state index is 12.7. The number of pyridine rings is 1. The minimum Gasteiger partial charge on any atom is -0.371 e. The molecule has 1 fully saturated rings. The summed E-state index contributed by atoms with van der Waals surface area (Å²) in [5, 5.41) is 2.14. The molecule has 2 aliphatic heterocycles. The zero-order valence-corrected chi connectivity index (χ0v) is 16.6. The van der Waals surface area contributed by atoms with E-state index in [1.165, 1.54) is 16.1 Å². The summed E-state index contributed by atoms with van der Waals surface area (Å²) in [5.74, 6) is 0.841. The van der Waals surface area contributed by atoms with Crippen LogP contribution in [0.5, 0.6) is 0 Å². The summed E-state index contributed by atoms with van der Waals surface area (Å²) in [4.78, 5) is 22.7. The van der Waals surface area contributed by atoms with Gasteiger partial charge in [0.15, 0.2) is 0 Å². The van der Waals surface area contributed by atoms with Crippen molar-refractivity contribution in [2.45, 2.75) is 32.2 Å². The van der Waals surface area contributed by atoms with Crippen molar-refractivity contribution in [2.24, 2.45) is 5.92 Å². The summed E-state index contributed by atoms with van der Waals surface area (Å²) in [6, 6.07) is 4.23. The first-order valence-electron chi connectivity index (χ1n) is 8.88. The Kier molecular flexibility index (Phi) is 5.08. The lowest BCUT2D eigenvalue weighted by Gasteiger charge is -2.35. The van der Waals surface area contributed by atoms with Gasteiger partial charge in [-0.1, -0.05) is 0 Å². The van der Waals surface area contributed by atoms with Crippen molar-refractivity contribution in [1.82, 2.24) is 9.88 Å². The van der Waals surface area contributed by atoms with Gasteiger partial charge in [-0.3, -0.25) is 9.78 Å². The van der Waals surface area contributed by atoms with E-state index in [0.717, 1.165) is 49.9 Å². The Morgan fingerprint density at radius 1 is 1.28 bits per heavy atom. The smallest absolute Gasteiger partial charge is 0.223 e. The predicted octanol–water partition coefficient (Wildman–Crippen LogP) is 4.10. The van der Waals surface area contributed by atoms with Gasteiger partial charge in [-0.2, -0.15) is 0 Å². The van der Waals surface area contributed by atoms with Crippen molar-refractivity contribution >= 4 is 38.9 Å². The summed E-state index contributed by atoms with van der Waals surface area (Å²) in [6.45, 7) is 3.71. The number of carbonyl (C=O) groups is 1. The van der Waals surface area contributed by atoms with Crippen LogP contribution in [-0.2, 0) is 17.8 Å². The highest BCUT2D eigenvalue weighted by atomic mass is 79.9. The predicted molar refractivity (Wildman–Crippen MR) is 105 cm³/mol. The number of nitrogens with zero attached hydrogens (tertiary/aromatic N) is 3. The Morgan fingerprint density at radius 2 is 2.12 bits per heavy atom. The third kappa shape index (κ3) is 3.75. The number of hydrogen-bond acceptors (Lipinski definition) is 4. The van der Waals surface area contributed by atoms with Gasteiger partial charge in [0.25, 0.3) is 0 Å². The van der Waals surface area contributed by atoms with Crippen LogP contribution in [-0.4, -0.2) is 35.4 Å². The lowest BCUT2D eigenvalue weighted by molar-refractivity contribution is -0.133. The molecule has 4 nitrogen and oxygen atoms in total. The molecule has 2 aromatic rings. The molecule has 0 bridgehead atoms. The van der Waals surface area contributed by atoms with Gasteiger partial charge in [-0.15, -0.1) is 11.3 Å². The van der Waals surface area contributed by atoms with Gasteiger partial charge in [0.2, 0.25) is 5.91 Å². The van der Waals surface area contributed by atoms with Crippen molar-refractivity contribution in [3.63, 3.8) is 0 Å². The van der Waals surface area contributed by atoms with E-state index in [0.29, 0.717) is 18.2 Å². The first-order chi connectivity index (χ1) is 12.2. The molecule has 0 saturated carbocycles. The fourth-order valence-electron chi connectivity index (χ4n) is 3.84. The molecule has 2 aliphatic rings. The first-order valence-corrected chi connectivity index (χ1v) is 10.6. The van der Waals surface area contributed by atoms with Crippen LogP contribution in [0.4, 0.5) is 5.69 Å². The molecule has 0 N–H and O–H groups in total. The second-order valence-corrected chi connectivity index (χ2v) is 8.75. The number of hydrogen-bond donors (Lipinski definition) is 0. The van der Waals surface area contributed by atoms with E-state index in [4.69, 9.17) is 0 Å². The maximum Gasteiger partial charge on any atom is 0.223 e. The van der Waals surface area contributed by atoms with Gasteiger partial charge in [-0.05, 0) is 64.2 Å².